The molecule has 0 fully saturated rings. The second-order valence-electron chi connectivity index (χ2n) is 5.01. The lowest BCUT2D eigenvalue weighted by Gasteiger charge is -2.22. The molecule has 0 N–H and O–H groups in total. The molecule has 0 bridgehead atoms. The highest BCUT2D eigenvalue weighted by Crippen LogP contribution is 2.31. The lowest BCUT2D eigenvalue weighted by atomic mass is 9.83. The summed E-state index contributed by atoms with van der Waals surface area (Å²) < 4.78 is 0. The molecule has 1 heteroatoms. The smallest absolute Gasteiger partial charge is 0.0704 e. The summed E-state index contributed by atoms with van der Waals surface area (Å²) in [6.45, 7) is 6.69. The topological polar surface area (TPSA) is 12.9 Å². The normalized spacial score (nSPS) is 11.4. The lowest BCUT2D eigenvalue weighted by molar-refractivity contribution is 0.592. The highest BCUT2D eigenvalue weighted by atomic mass is 14.7. The molecule has 0 aliphatic heterocycles. The first-order valence-electron chi connectivity index (χ1n) is 5.60. The SMILES string of the molecule is CC(C)(C)c1ccccc1-c1ccccn1. The van der Waals surface area contributed by atoms with Crippen molar-refractivity contribution >= 4 is 0 Å². The van der Waals surface area contributed by atoms with Crippen LogP contribution in [0.3, 0.4) is 0 Å². The quantitative estimate of drug-likeness (QED) is 0.693. The van der Waals surface area contributed by atoms with Gasteiger partial charge in [-0.15, -0.1) is 0 Å². The van der Waals surface area contributed by atoms with Gasteiger partial charge in [-0.25, -0.2) is 0 Å². The van der Waals surface area contributed by atoms with Crippen molar-refractivity contribution in [2.45, 2.75) is 26.2 Å². The molecule has 0 saturated carbocycles. The van der Waals surface area contributed by atoms with Crippen LogP contribution in [0.25, 0.3) is 11.3 Å². The van der Waals surface area contributed by atoms with E-state index in [-0.39, 0.29) is 5.41 Å². The third-order valence-electron chi connectivity index (χ3n) is 2.68. The Morgan fingerprint density at radius 3 is 2.19 bits per heavy atom. The minimum Gasteiger partial charge on any atom is -0.256 e. The monoisotopic (exact) mass is 211 g/mol. The summed E-state index contributed by atoms with van der Waals surface area (Å²) >= 11 is 0. The van der Waals surface area contributed by atoms with Crippen molar-refractivity contribution in [1.29, 1.82) is 0 Å². The van der Waals surface area contributed by atoms with Gasteiger partial charge < -0.3 is 0 Å². The van der Waals surface area contributed by atoms with Crippen LogP contribution in [0.4, 0.5) is 0 Å². The maximum atomic E-state index is 4.42. The summed E-state index contributed by atoms with van der Waals surface area (Å²) in [6, 6.07) is 14.5. The van der Waals surface area contributed by atoms with Crippen LogP contribution in [-0.4, -0.2) is 4.98 Å². The maximum absolute atomic E-state index is 4.42. The number of pyridine rings is 1. The standard InChI is InChI=1S/C15H17N/c1-15(2,3)13-9-5-4-8-12(13)14-10-6-7-11-16-14/h4-11H,1-3H3. The summed E-state index contributed by atoms with van der Waals surface area (Å²) in [4.78, 5) is 4.42. The molecule has 82 valence electrons. The number of aromatic nitrogens is 1. The zero-order chi connectivity index (χ0) is 11.6. The summed E-state index contributed by atoms with van der Waals surface area (Å²) in [5, 5.41) is 0. The Balaban J connectivity index is 2.58. The van der Waals surface area contributed by atoms with Crippen LogP contribution in [0.2, 0.25) is 0 Å². The van der Waals surface area contributed by atoms with E-state index in [0.29, 0.717) is 0 Å². The molecular formula is C15H17N. The van der Waals surface area contributed by atoms with Crippen LogP contribution in [-0.2, 0) is 5.41 Å². The summed E-state index contributed by atoms with van der Waals surface area (Å²) in [5.41, 5.74) is 3.77. The Hall–Kier alpha value is -1.63. The van der Waals surface area contributed by atoms with E-state index in [2.05, 4.69) is 56.1 Å². The first kappa shape index (κ1) is 10.9. The van der Waals surface area contributed by atoms with E-state index in [4.69, 9.17) is 0 Å². The number of hydrogen-bond acceptors (Lipinski definition) is 1. The number of rotatable bonds is 1. The van der Waals surface area contributed by atoms with Gasteiger partial charge in [0.15, 0.2) is 0 Å². The molecule has 0 unspecified atom stereocenters. The highest BCUT2D eigenvalue weighted by molar-refractivity contribution is 5.64. The van der Waals surface area contributed by atoms with E-state index in [9.17, 15) is 0 Å². The fourth-order valence-electron chi connectivity index (χ4n) is 1.88. The Bertz CT molecular complexity index is 466. The molecule has 0 aliphatic carbocycles. The lowest BCUT2D eigenvalue weighted by Crippen LogP contribution is -2.12. The van der Waals surface area contributed by atoms with E-state index in [1.54, 1.807) is 0 Å². The van der Waals surface area contributed by atoms with Gasteiger partial charge in [-0.2, -0.15) is 0 Å². The van der Waals surface area contributed by atoms with Crippen molar-refractivity contribution in [3.63, 3.8) is 0 Å². The second-order valence-corrected chi connectivity index (χ2v) is 5.01. The maximum Gasteiger partial charge on any atom is 0.0704 e. The van der Waals surface area contributed by atoms with E-state index in [1.807, 2.05) is 18.3 Å². The van der Waals surface area contributed by atoms with E-state index in [1.165, 1.54) is 11.1 Å². The van der Waals surface area contributed by atoms with Gasteiger partial charge in [0.25, 0.3) is 0 Å². The molecule has 0 radical (unpaired) electrons. The Morgan fingerprint density at radius 1 is 0.875 bits per heavy atom. The van der Waals surface area contributed by atoms with Crippen LogP contribution in [0, 0.1) is 0 Å². The predicted molar refractivity (Wildman–Crippen MR) is 68.4 cm³/mol. The van der Waals surface area contributed by atoms with Crippen molar-refractivity contribution in [2.24, 2.45) is 0 Å². The second kappa shape index (κ2) is 4.09. The highest BCUT2D eigenvalue weighted by Gasteiger charge is 2.18. The zero-order valence-corrected chi connectivity index (χ0v) is 10.1. The molecule has 0 atom stereocenters. The van der Waals surface area contributed by atoms with Gasteiger partial charge in [0, 0.05) is 11.8 Å². The summed E-state index contributed by atoms with van der Waals surface area (Å²) in [5.74, 6) is 0. The van der Waals surface area contributed by atoms with Crippen LogP contribution in [0.1, 0.15) is 26.3 Å². The van der Waals surface area contributed by atoms with Crippen molar-refractivity contribution in [3.05, 3.63) is 54.2 Å². The van der Waals surface area contributed by atoms with Crippen LogP contribution in [0.15, 0.2) is 48.7 Å². The van der Waals surface area contributed by atoms with Gasteiger partial charge in [0.05, 0.1) is 5.69 Å². The summed E-state index contributed by atoms with van der Waals surface area (Å²) in [7, 11) is 0. The minimum atomic E-state index is 0.147. The van der Waals surface area contributed by atoms with Gasteiger partial charge in [0.2, 0.25) is 0 Å². The van der Waals surface area contributed by atoms with Crippen molar-refractivity contribution in [2.75, 3.05) is 0 Å². The molecule has 1 nitrogen and oxygen atoms in total. The van der Waals surface area contributed by atoms with Gasteiger partial charge >= 0.3 is 0 Å². The number of nitrogens with zero attached hydrogens (tertiary/aromatic N) is 1. The van der Waals surface area contributed by atoms with Gasteiger partial charge in [-0.05, 0) is 23.1 Å². The molecule has 1 aromatic heterocycles. The molecule has 1 heterocycles. The van der Waals surface area contributed by atoms with Crippen LogP contribution >= 0.6 is 0 Å². The Morgan fingerprint density at radius 2 is 1.56 bits per heavy atom. The molecule has 0 amide bonds. The summed E-state index contributed by atoms with van der Waals surface area (Å²) in [6.07, 6.45) is 1.84. The zero-order valence-electron chi connectivity index (χ0n) is 10.1. The first-order chi connectivity index (χ1) is 7.59. The van der Waals surface area contributed by atoms with Gasteiger partial charge in [-0.1, -0.05) is 51.1 Å². The molecule has 0 spiro atoms. The number of benzene rings is 1. The van der Waals surface area contributed by atoms with Crippen LogP contribution < -0.4 is 0 Å². The van der Waals surface area contributed by atoms with E-state index < -0.39 is 0 Å². The average molecular weight is 211 g/mol. The van der Waals surface area contributed by atoms with E-state index in [0.717, 1.165) is 5.69 Å². The molecule has 2 aromatic rings. The molecule has 0 saturated heterocycles. The third-order valence-corrected chi connectivity index (χ3v) is 2.68. The largest absolute Gasteiger partial charge is 0.256 e. The third kappa shape index (κ3) is 2.13. The predicted octanol–water partition coefficient (Wildman–Crippen LogP) is 4.05. The van der Waals surface area contributed by atoms with Gasteiger partial charge in [0.1, 0.15) is 0 Å². The Labute approximate surface area is 97.2 Å². The first-order valence-corrected chi connectivity index (χ1v) is 5.60. The van der Waals surface area contributed by atoms with Gasteiger partial charge in [-0.3, -0.25) is 4.98 Å². The molecular weight excluding hydrogens is 194 g/mol. The van der Waals surface area contributed by atoms with Crippen molar-refractivity contribution in [3.8, 4) is 11.3 Å². The molecule has 1 aromatic carbocycles. The number of hydrogen-bond donors (Lipinski definition) is 0. The van der Waals surface area contributed by atoms with Crippen molar-refractivity contribution < 1.29 is 0 Å². The van der Waals surface area contributed by atoms with E-state index >= 15 is 0 Å². The molecule has 0 aliphatic rings. The van der Waals surface area contributed by atoms with Crippen LogP contribution in [0.5, 0.6) is 0 Å². The molecule has 16 heavy (non-hydrogen) atoms. The molecule has 2 rings (SSSR count). The Kier molecular flexibility index (Phi) is 2.78. The minimum absolute atomic E-state index is 0.147. The van der Waals surface area contributed by atoms with Crippen molar-refractivity contribution in [1.82, 2.24) is 4.98 Å². The average Bonchev–Trinajstić information content (AvgIpc) is 2.29. The fourth-order valence-corrected chi connectivity index (χ4v) is 1.88. The fraction of sp³-hybridized carbons (Fsp3) is 0.267.